The SMILES string of the molecule is CCCCCCCCCCCCCCCOc1ccccc1C(=O)OCCOC(=O)CCC/C=C/C[C@@H]1[C@@H](/C=C/C[C@H](O)C2(CC)CCC2)[C@H](O)C[C@H]1Cl. The summed E-state index contributed by atoms with van der Waals surface area (Å²) < 4.78 is 16.6. The number of benzene rings is 1. The van der Waals surface area contributed by atoms with E-state index >= 15 is 0 Å². The van der Waals surface area contributed by atoms with Crippen LogP contribution in [0.3, 0.4) is 0 Å². The highest BCUT2D eigenvalue weighted by molar-refractivity contribution is 6.21. The first-order chi connectivity index (χ1) is 26.3. The molecule has 0 amide bonds. The molecule has 2 saturated carbocycles. The highest BCUT2D eigenvalue weighted by Gasteiger charge is 2.42. The molecule has 0 aromatic heterocycles. The Morgan fingerprint density at radius 3 is 2.15 bits per heavy atom. The third kappa shape index (κ3) is 16.8. The number of para-hydroxylation sites is 1. The van der Waals surface area contributed by atoms with Crippen molar-refractivity contribution in [2.75, 3.05) is 19.8 Å². The maximum atomic E-state index is 12.7. The first kappa shape index (κ1) is 46.0. The van der Waals surface area contributed by atoms with Crippen molar-refractivity contribution >= 4 is 23.5 Å². The van der Waals surface area contributed by atoms with Crippen molar-refractivity contribution in [2.24, 2.45) is 17.3 Å². The van der Waals surface area contributed by atoms with Crippen molar-refractivity contribution < 1.29 is 34.0 Å². The lowest BCUT2D eigenvalue weighted by atomic mass is 9.63. The second-order valence-corrected chi connectivity index (χ2v) is 16.4. The number of rotatable bonds is 30. The molecule has 7 nitrogen and oxygen atoms in total. The monoisotopic (exact) mass is 773 g/mol. The second kappa shape index (κ2) is 27.3. The van der Waals surface area contributed by atoms with Gasteiger partial charge in [-0.25, -0.2) is 4.79 Å². The van der Waals surface area contributed by atoms with Gasteiger partial charge < -0.3 is 24.4 Å². The topological polar surface area (TPSA) is 102 Å². The molecule has 0 unspecified atom stereocenters. The van der Waals surface area contributed by atoms with E-state index in [1.807, 2.05) is 12.1 Å². The van der Waals surface area contributed by atoms with Gasteiger partial charge in [0.15, 0.2) is 0 Å². The van der Waals surface area contributed by atoms with Gasteiger partial charge in [-0.05, 0) is 81.3 Å². The average molecular weight is 774 g/mol. The quantitative estimate of drug-likeness (QED) is 0.0347. The van der Waals surface area contributed by atoms with Crippen LogP contribution in [0.2, 0.25) is 0 Å². The van der Waals surface area contributed by atoms with E-state index in [-0.39, 0.29) is 54.3 Å². The van der Waals surface area contributed by atoms with Crippen LogP contribution < -0.4 is 4.74 Å². The van der Waals surface area contributed by atoms with Gasteiger partial charge in [-0.1, -0.05) is 134 Å². The predicted molar refractivity (Wildman–Crippen MR) is 220 cm³/mol. The Morgan fingerprint density at radius 1 is 0.852 bits per heavy atom. The van der Waals surface area contributed by atoms with E-state index in [1.165, 1.54) is 77.0 Å². The molecule has 1 aromatic rings. The number of allylic oxidation sites excluding steroid dienone is 2. The molecule has 2 fully saturated rings. The number of aliphatic hydroxyl groups excluding tert-OH is 2. The lowest BCUT2D eigenvalue weighted by Gasteiger charge is -2.45. The van der Waals surface area contributed by atoms with Crippen LogP contribution in [-0.2, 0) is 14.3 Å². The van der Waals surface area contributed by atoms with Crippen molar-refractivity contribution in [3.05, 3.63) is 54.1 Å². The number of alkyl halides is 1. The molecule has 2 aliphatic rings. The zero-order valence-corrected chi connectivity index (χ0v) is 34.5. The number of carbonyl (C=O) groups excluding carboxylic acids is 2. The summed E-state index contributed by atoms with van der Waals surface area (Å²) in [5.74, 6) is -0.180. The molecule has 0 heterocycles. The molecule has 0 saturated heterocycles. The normalized spacial score (nSPS) is 21.4. The summed E-state index contributed by atoms with van der Waals surface area (Å²) in [6.07, 6.45) is 32.3. The first-order valence-corrected chi connectivity index (χ1v) is 22.1. The number of esters is 2. The van der Waals surface area contributed by atoms with Crippen LogP contribution >= 0.6 is 11.6 Å². The molecule has 306 valence electrons. The summed E-state index contributed by atoms with van der Waals surface area (Å²) in [6.45, 7) is 4.98. The average Bonchev–Trinajstić information content (AvgIpc) is 3.42. The number of halogens is 1. The Morgan fingerprint density at radius 2 is 1.50 bits per heavy atom. The summed E-state index contributed by atoms with van der Waals surface area (Å²) >= 11 is 6.63. The molecular formula is C46H73ClO7. The molecular weight excluding hydrogens is 700 g/mol. The first-order valence-electron chi connectivity index (χ1n) is 21.7. The van der Waals surface area contributed by atoms with Crippen LogP contribution in [0, 0.1) is 17.3 Å². The standard InChI is InChI=1S/C46H73ClO7/c1-3-5-6-7-8-9-10-11-12-13-14-17-22-33-52-42-28-21-20-26-39(42)45(51)54-35-34-53-44(50)30-19-16-15-18-25-37-38(41(48)36-40(37)47)27-23-29-43(49)46(4-2)31-24-32-46/h15,18,20-21,23,26-28,37-38,40-41,43,48-49H,3-14,16-17,19,22,24-25,29-36H2,1-2H3/b18-15+,27-23+/t37-,38-,40-,41-,43+/m1/s1. The fourth-order valence-electron chi connectivity index (χ4n) is 8.07. The van der Waals surface area contributed by atoms with E-state index in [1.54, 1.807) is 18.2 Å². The summed E-state index contributed by atoms with van der Waals surface area (Å²) in [5.41, 5.74) is 0.454. The van der Waals surface area contributed by atoms with Crippen molar-refractivity contribution in [1.82, 2.24) is 0 Å². The van der Waals surface area contributed by atoms with Crippen LogP contribution in [0.5, 0.6) is 5.75 Å². The summed E-state index contributed by atoms with van der Waals surface area (Å²) in [7, 11) is 0. The molecule has 0 bridgehead atoms. The molecule has 2 N–H and O–H groups in total. The Kier molecular flexibility index (Phi) is 23.3. The minimum Gasteiger partial charge on any atom is -0.493 e. The minimum absolute atomic E-state index is 0.00880. The lowest BCUT2D eigenvalue weighted by molar-refractivity contribution is -0.144. The van der Waals surface area contributed by atoms with Gasteiger partial charge in [0.2, 0.25) is 0 Å². The highest BCUT2D eigenvalue weighted by atomic mass is 35.5. The Hall–Kier alpha value is -2.35. The van der Waals surface area contributed by atoms with Gasteiger partial charge in [-0.15, -0.1) is 11.6 Å². The third-order valence-corrected chi connectivity index (χ3v) is 12.4. The molecule has 54 heavy (non-hydrogen) atoms. The summed E-state index contributed by atoms with van der Waals surface area (Å²) in [5, 5.41) is 21.3. The van der Waals surface area contributed by atoms with Crippen molar-refractivity contribution in [3.63, 3.8) is 0 Å². The van der Waals surface area contributed by atoms with Crippen LogP contribution in [0.25, 0.3) is 0 Å². The van der Waals surface area contributed by atoms with E-state index in [4.69, 9.17) is 25.8 Å². The van der Waals surface area contributed by atoms with Gasteiger partial charge in [0.25, 0.3) is 0 Å². The molecule has 0 radical (unpaired) electrons. The number of carbonyl (C=O) groups is 2. The third-order valence-electron chi connectivity index (χ3n) is 11.9. The maximum Gasteiger partial charge on any atom is 0.342 e. The van der Waals surface area contributed by atoms with E-state index in [2.05, 4.69) is 32.1 Å². The second-order valence-electron chi connectivity index (χ2n) is 15.9. The van der Waals surface area contributed by atoms with Gasteiger partial charge in [-0.2, -0.15) is 0 Å². The number of hydrogen-bond donors (Lipinski definition) is 2. The van der Waals surface area contributed by atoms with Crippen molar-refractivity contribution in [2.45, 2.75) is 179 Å². The maximum absolute atomic E-state index is 12.7. The smallest absolute Gasteiger partial charge is 0.342 e. The highest BCUT2D eigenvalue weighted by Crippen LogP contribution is 2.48. The van der Waals surface area contributed by atoms with Crippen LogP contribution in [-0.4, -0.2) is 59.6 Å². The van der Waals surface area contributed by atoms with Gasteiger partial charge in [0.1, 0.15) is 24.5 Å². The van der Waals surface area contributed by atoms with E-state index in [9.17, 15) is 19.8 Å². The van der Waals surface area contributed by atoms with Gasteiger partial charge in [0, 0.05) is 17.7 Å². The molecule has 1 aromatic carbocycles. The molecule has 3 rings (SSSR count). The van der Waals surface area contributed by atoms with Crippen molar-refractivity contribution in [1.29, 1.82) is 0 Å². The molecule has 5 atom stereocenters. The predicted octanol–water partition coefficient (Wildman–Crippen LogP) is 11.5. The fraction of sp³-hybridized carbons (Fsp3) is 0.739. The molecule has 0 spiro atoms. The molecule has 8 heteroatoms. The van der Waals surface area contributed by atoms with Crippen LogP contribution in [0.4, 0.5) is 0 Å². The van der Waals surface area contributed by atoms with Gasteiger partial charge in [0.05, 0.1) is 18.8 Å². The zero-order chi connectivity index (χ0) is 38.9. The number of hydrogen-bond acceptors (Lipinski definition) is 7. The van der Waals surface area contributed by atoms with Crippen molar-refractivity contribution in [3.8, 4) is 5.75 Å². The number of aliphatic hydroxyl groups is 2. The van der Waals surface area contributed by atoms with Crippen LogP contribution in [0.1, 0.15) is 172 Å². The van der Waals surface area contributed by atoms with E-state index in [0.29, 0.717) is 37.2 Å². The summed E-state index contributed by atoms with van der Waals surface area (Å²) in [4.78, 5) is 25.0. The minimum atomic E-state index is -0.486. The van der Waals surface area contributed by atoms with Crippen LogP contribution in [0.15, 0.2) is 48.6 Å². The fourth-order valence-corrected chi connectivity index (χ4v) is 8.52. The van der Waals surface area contributed by atoms with Gasteiger partial charge >= 0.3 is 11.9 Å². The van der Waals surface area contributed by atoms with E-state index < -0.39 is 12.1 Å². The Labute approximate surface area is 332 Å². The lowest BCUT2D eigenvalue weighted by Crippen LogP contribution is -2.40. The van der Waals surface area contributed by atoms with Gasteiger partial charge in [-0.3, -0.25) is 4.79 Å². The molecule has 0 aliphatic heterocycles. The zero-order valence-electron chi connectivity index (χ0n) is 33.7. The summed E-state index contributed by atoms with van der Waals surface area (Å²) in [6, 6.07) is 7.12. The largest absolute Gasteiger partial charge is 0.493 e. The number of unbranched alkanes of at least 4 members (excludes halogenated alkanes) is 13. The Bertz CT molecular complexity index is 1220. The Balaban J connectivity index is 1.21. The molecule has 2 aliphatic carbocycles. The van der Waals surface area contributed by atoms with E-state index in [0.717, 1.165) is 44.9 Å². The number of ether oxygens (including phenoxy) is 3.